The lowest BCUT2D eigenvalue weighted by molar-refractivity contribution is 0.407. The lowest BCUT2D eigenvalue weighted by atomic mass is 9.81. The number of hydrogen-bond acceptors (Lipinski definition) is 0. The molecule has 1 aromatic carbocycles. The Kier molecular flexibility index (Phi) is 5.74. The van der Waals surface area contributed by atoms with E-state index in [-0.39, 0.29) is 0 Å². The molecule has 0 saturated heterocycles. The van der Waals surface area contributed by atoms with Crippen LogP contribution in [0.5, 0.6) is 0 Å². The van der Waals surface area contributed by atoms with Crippen LogP contribution in [0.4, 0.5) is 0 Å². The second kappa shape index (κ2) is 6.83. The van der Waals surface area contributed by atoms with Gasteiger partial charge in [-0.1, -0.05) is 65.3 Å². The number of hydrogen-bond donors (Lipinski definition) is 0. The van der Waals surface area contributed by atoms with E-state index in [2.05, 4.69) is 58.9 Å². The van der Waals surface area contributed by atoms with Gasteiger partial charge >= 0.3 is 0 Å². The number of aryl methyl sites for hydroxylation is 1. The number of benzene rings is 1. The average Bonchev–Trinajstić information content (AvgIpc) is 2.26. The Morgan fingerprint density at radius 2 is 1.76 bits per heavy atom. The van der Waals surface area contributed by atoms with Crippen molar-refractivity contribution in [2.24, 2.45) is 11.8 Å². The summed E-state index contributed by atoms with van der Waals surface area (Å²) in [5.41, 5.74) is 3.04. The van der Waals surface area contributed by atoms with Crippen LogP contribution in [-0.4, -0.2) is 0 Å². The Balaban J connectivity index is 2.89. The van der Waals surface area contributed by atoms with Gasteiger partial charge in [0, 0.05) is 0 Å². The van der Waals surface area contributed by atoms with Gasteiger partial charge in [0.2, 0.25) is 0 Å². The van der Waals surface area contributed by atoms with Crippen molar-refractivity contribution in [3.63, 3.8) is 0 Å². The molecule has 17 heavy (non-hydrogen) atoms. The lowest BCUT2D eigenvalue weighted by Crippen LogP contribution is -2.10. The molecule has 0 aliphatic carbocycles. The largest absolute Gasteiger partial charge is 0.0651 e. The molecular weight excluding hydrogens is 204 g/mol. The molecule has 1 unspecified atom stereocenters. The summed E-state index contributed by atoms with van der Waals surface area (Å²) in [5, 5.41) is 0. The van der Waals surface area contributed by atoms with Crippen LogP contribution in [0.15, 0.2) is 24.3 Å². The molecule has 0 N–H and O–H groups in total. The second-order valence-corrected chi connectivity index (χ2v) is 5.98. The lowest BCUT2D eigenvalue weighted by Gasteiger charge is -2.24. The molecule has 0 saturated carbocycles. The molecule has 1 rings (SSSR count). The normalized spacial score (nSPS) is 13.4. The molecular formula is C17H28. The Bertz CT molecular complexity index is 323. The van der Waals surface area contributed by atoms with E-state index in [4.69, 9.17) is 0 Å². The van der Waals surface area contributed by atoms with Gasteiger partial charge in [0.05, 0.1) is 0 Å². The van der Waals surface area contributed by atoms with E-state index in [1.165, 1.54) is 24.8 Å². The van der Waals surface area contributed by atoms with Crippen molar-refractivity contribution in [2.75, 3.05) is 0 Å². The third-order valence-corrected chi connectivity index (χ3v) is 3.45. The van der Waals surface area contributed by atoms with E-state index >= 15 is 0 Å². The molecule has 0 aliphatic rings. The Hall–Kier alpha value is -0.780. The van der Waals surface area contributed by atoms with E-state index in [9.17, 15) is 0 Å². The van der Waals surface area contributed by atoms with Gasteiger partial charge in [0.1, 0.15) is 0 Å². The first-order valence-electron chi connectivity index (χ1n) is 7.13. The first kappa shape index (κ1) is 14.3. The van der Waals surface area contributed by atoms with Crippen molar-refractivity contribution in [2.45, 2.75) is 59.8 Å². The summed E-state index contributed by atoms with van der Waals surface area (Å²) in [5.74, 6) is 2.22. The van der Waals surface area contributed by atoms with Gasteiger partial charge in [-0.25, -0.2) is 0 Å². The molecule has 1 atom stereocenters. The summed E-state index contributed by atoms with van der Waals surface area (Å²) in [7, 11) is 0. The van der Waals surface area contributed by atoms with E-state index in [1.54, 1.807) is 5.56 Å². The minimum atomic E-state index is 0.715. The summed E-state index contributed by atoms with van der Waals surface area (Å²) in [6.45, 7) is 11.6. The zero-order chi connectivity index (χ0) is 12.8. The van der Waals surface area contributed by atoms with Crippen molar-refractivity contribution >= 4 is 0 Å². The van der Waals surface area contributed by atoms with Crippen LogP contribution in [0.3, 0.4) is 0 Å². The highest BCUT2D eigenvalue weighted by molar-refractivity contribution is 5.27. The monoisotopic (exact) mass is 232 g/mol. The molecule has 0 heterocycles. The minimum absolute atomic E-state index is 0.715. The van der Waals surface area contributed by atoms with Crippen LogP contribution in [0, 0.1) is 11.8 Å². The van der Waals surface area contributed by atoms with Crippen LogP contribution in [0.25, 0.3) is 0 Å². The fourth-order valence-electron chi connectivity index (χ4n) is 2.57. The predicted octanol–water partition coefficient (Wildman–Crippen LogP) is 5.42. The van der Waals surface area contributed by atoms with Crippen LogP contribution < -0.4 is 0 Å². The first-order chi connectivity index (χ1) is 8.04. The summed E-state index contributed by atoms with van der Waals surface area (Å²) >= 11 is 0. The van der Waals surface area contributed by atoms with Gasteiger partial charge in [-0.2, -0.15) is 0 Å². The van der Waals surface area contributed by atoms with Crippen molar-refractivity contribution < 1.29 is 0 Å². The van der Waals surface area contributed by atoms with Crippen molar-refractivity contribution in [1.82, 2.24) is 0 Å². The molecule has 0 radical (unpaired) electrons. The van der Waals surface area contributed by atoms with Gasteiger partial charge < -0.3 is 0 Å². The van der Waals surface area contributed by atoms with E-state index in [0.29, 0.717) is 5.92 Å². The van der Waals surface area contributed by atoms with Crippen LogP contribution >= 0.6 is 0 Å². The van der Waals surface area contributed by atoms with Gasteiger partial charge in [-0.3, -0.25) is 0 Å². The average molecular weight is 232 g/mol. The first-order valence-corrected chi connectivity index (χ1v) is 7.13. The predicted molar refractivity (Wildman–Crippen MR) is 77.5 cm³/mol. The Morgan fingerprint density at radius 1 is 1.06 bits per heavy atom. The molecule has 0 amide bonds. The summed E-state index contributed by atoms with van der Waals surface area (Å²) in [6.07, 6.45) is 3.74. The highest BCUT2D eigenvalue weighted by atomic mass is 14.2. The van der Waals surface area contributed by atoms with Crippen molar-refractivity contribution in [3.05, 3.63) is 35.4 Å². The molecule has 0 fully saturated rings. The third kappa shape index (κ3) is 4.53. The van der Waals surface area contributed by atoms with Crippen LogP contribution in [0.2, 0.25) is 0 Å². The van der Waals surface area contributed by atoms with Crippen molar-refractivity contribution in [3.8, 4) is 0 Å². The standard InChI is InChI=1S/C17H28/c1-6-8-15-9-7-10-16(12-15)17(14(4)5)11-13(2)3/h7,9-10,12-14,17H,6,8,11H2,1-5H3. The fraction of sp³-hybridized carbons (Fsp3) is 0.647. The number of rotatable bonds is 6. The van der Waals surface area contributed by atoms with Gasteiger partial charge in [-0.15, -0.1) is 0 Å². The molecule has 0 aromatic heterocycles. The van der Waals surface area contributed by atoms with Gasteiger partial charge in [0.25, 0.3) is 0 Å². The molecule has 0 heteroatoms. The maximum Gasteiger partial charge on any atom is -0.0136 e. The van der Waals surface area contributed by atoms with Crippen LogP contribution in [-0.2, 0) is 6.42 Å². The Labute approximate surface area is 107 Å². The van der Waals surface area contributed by atoms with Gasteiger partial charge in [-0.05, 0) is 41.7 Å². The summed E-state index contributed by atoms with van der Waals surface area (Å²) < 4.78 is 0. The highest BCUT2D eigenvalue weighted by Crippen LogP contribution is 2.31. The summed E-state index contributed by atoms with van der Waals surface area (Å²) in [6, 6.07) is 9.23. The van der Waals surface area contributed by atoms with Crippen LogP contribution in [0.1, 0.15) is 64.5 Å². The Morgan fingerprint density at radius 3 is 2.29 bits per heavy atom. The van der Waals surface area contributed by atoms with E-state index < -0.39 is 0 Å². The topological polar surface area (TPSA) is 0 Å². The third-order valence-electron chi connectivity index (χ3n) is 3.45. The molecule has 96 valence electrons. The van der Waals surface area contributed by atoms with Gasteiger partial charge in [0.15, 0.2) is 0 Å². The van der Waals surface area contributed by atoms with E-state index in [0.717, 1.165) is 11.8 Å². The zero-order valence-electron chi connectivity index (χ0n) is 12.2. The quantitative estimate of drug-likeness (QED) is 0.614. The zero-order valence-corrected chi connectivity index (χ0v) is 12.2. The van der Waals surface area contributed by atoms with Crippen molar-refractivity contribution in [1.29, 1.82) is 0 Å². The SMILES string of the molecule is CCCc1cccc(C(CC(C)C)C(C)C)c1. The summed E-state index contributed by atoms with van der Waals surface area (Å²) in [4.78, 5) is 0. The second-order valence-electron chi connectivity index (χ2n) is 5.98. The fourth-order valence-corrected chi connectivity index (χ4v) is 2.57. The molecule has 0 aliphatic heterocycles. The maximum absolute atomic E-state index is 2.43. The molecule has 1 aromatic rings. The highest BCUT2D eigenvalue weighted by Gasteiger charge is 2.17. The molecule has 0 nitrogen and oxygen atoms in total. The smallest absolute Gasteiger partial charge is 0.0136 e. The van der Waals surface area contributed by atoms with E-state index in [1.807, 2.05) is 0 Å². The maximum atomic E-state index is 2.43. The molecule has 0 spiro atoms. The molecule has 0 bridgehead atoms. The minimum Gasteiger partial charge on any atom is -0.0651 e.